The van der Waals surface area contributed by atoms with Crippen LogP contribution >= 0.6 is 11.3 Å². The van der Waals surface area contributed by atoms with Gasteiger partial charge in [0.1, 0.15) is 11.5 Å². The van der Waals surface area contributed by atoms with Crippen LogP contribution in [-0.4, -0.2) is 16.0 Å². The van der Waals surface area contributed by atoms with Crippen LogP contribution in [-0.2, 0) is 24.3 Å². The van der Waals surface area contributed by atoms with E-state index in [0.29, 0.717) is 18.8 Å². The molecule has 0 radical (unpaired) electrons. The van der Waals surface area contributed by atoms with Gasteiger partial charge < -0.3 is 13.8 Å². The van der Waals surface area contributed by atoms with Crippen molar-refractivity contribution in [3.8, 4) is 0 Å². The summed E-state index contributed by atoms with van der Waals surface area (Å²) >= 11 is 1.64. The molecule has 0 N–H and O–H groups in total. The number of hydrogen-bond donors (Lipinski definition) is 0. The molecule has 0 saturated carbocycles. The third-order valence-corrected chi connectivity index (χ3v) is 4.58. The third-order valence-electron chi connectivity index (χ3n) is 3.72. The van der Waals surface area contributed by atoms with Gasteiger partial charge >= 0.3 is 0 Å². The van der Waals surface area contributed by atoms with Crippen molar-refractivity contribution in [3.63, 3.8) is 0 Å². The molecule has 0 aromatic carbocycles. The fourth-order valence-corrected chi connectivity index (χ4v) is 3.15. The monoisotopic (exact) mass is 330 g/mol. The minimum atomic E-state index is 0.0317. The second kappa shape index (κ2) is 6.83. The Hall–Kier alpha value is -2.34. The number of thiophene rings is 1. The molecule has 0 fully saturated rings. The second-order valence-electron chi connectivity index (χ2n) is 5.39. The standard InChI is InChI=1S/C17H18N2O3S/c1-12-16(13(2)22-18-12)9-17(20)19(10-14-5-3-7-21-14)11-15-6-4-8-23-15/h3-8H,9-11H2,1-2H3. The van der Waals surface area contributed by atoms with Crippen LogP contribution in [0.1, 0.15) is 27.7 Å². The smallest absolute Gasteiger partial charge is 0.227 e. The van der Waals surface area contributed by atoms with Crippen LogP contribution in [0.5, 0.6) is 0 Å². The predicted octanol–water partition coefficient (Wildman–Crippen LogP) is 3.72. The average Bonchev–Trinajstić information content (AvgIpc) is 3.26. The maximum absolute atomic E-state index is 12.8. The van der Waals surface area contributed by atoms with Gasteiger partial charge in [0.25, 0.3) is 0 Å². The molecule has 3 aromatic heterocycles. The Morgan fingerprint density at radius 3 is 2.74 bits per heavy atom. The Morgan fingerprint density at radius 1 is 1.26 bits per heavy atom. The zero-order chi connectivity index (χ0) is 16.2. The van der Waals surface area contributed by atoms with Crippen LogP contribution in [0.2, 0.25) is 0 Å². The van der Waals surface area contributed by atoms with Gasteiger partial charge in [-0.15, -0.1) is 11.3 Å². The van der Waals surface area contributed by atoms with E-state index in [1.807, 2.05) is 43.5 Å². The molecular weight excluding hydrogens is 312 g/mol. The number of furan rings is 1. The molecule has 0 aliphatic rings. The minimum absolute atomic E-state index is 0.0317. The predicted molar refractivity (Wildman–Crippen MR) is 87.0 cm³/mol. The zero-order valence-electron chi connectivity index (χ0n) is 13.1. The van der Waals surface area contributed by atoms with Crippen molar-refractivity contribution < 1.29 is 13.7 Å². The summed E-state index contributed by atoms with van der Waals surface area (Å²) in [5.74, 6) is 1.50. The number of aromatic nitrogens is 1. The summed E-state index contributed by atoms with van der Waals surface area (Å²) in [5.41, 5.74) is 1.63. The maximum atomic E-state index is 12.8. The van der Waals surface area contributed by atoms with E-state index in [4.69, 9.17) is 8.94 Å². The second-order valence-corrected chi connectivity index (χ2v) is 6.42. The highest BCUT2D eigenvalue weighted by atomic mass is 32.1. The quantitative estimate of drug-likeness (QED) is 0.691. The summed E-state index contributed by atoms with van der Waals surface area (Å²) < 4.78 is 10.5. The van der Waals surface area contributed by atoms with E-state index in [2.05, 4.69) is 5.16 Å². The lowest BCUT2D eigenvalue weighted by molar-refractivity contribution is -0.132. The molecule has 3 aromatic rings. The summed E-state index contributed by atoms with van der Waals surface area (Å²) in [6, 6.07) is 7.73. The van der Waals surface area contributed by atoms with Gasteiger partial charge in [0.05, 0.1) is 31.5 Å². The molecule has 6 heteroatoms. The molecule has 0 saturated heterocycles. The lowest BCUT2D eigenvalue weighted by Crippen LogP contribution is -2.31. The number of amides is 1. The molecule has 0 aliphatic heterocycles. The molecule has 3 rings (SSSR count). The van der Waals surface area contributed by atoms with Crippen molar-refractivity contribution >= 4 is 17.2 Å². The van der Waals surface area contributed by atoms with Gasteiger partial charge in [0.2, 0.25) is 5.91 Å². The number of carbonyl (C=O) groups is 1. The van der Waals surface area contributed by atoms with Gasteiger partial charge in [0.15, 0.2) is 0 Å². The van der Waals surface area contributed by atoms with Crippen molar-refractivity contribution in [1.29, 1.82) is 0 Å². The summed E-state index contributed by atoms with van der Waals surface area (Å²) in [4.78, 5) is 15.7. The first-order chi connectivity index (χ1) is 11.1. The first-order valence-electron chi connectivity index (χ1n) is 7.38. The van der Waals surface area contributed by atoms with Gasteiger partial charge in [0, 0.05) is 10.4 Å². The molecule has 23 heavy (non-hydrogen) atoms. The average molecular weight is 330 g/mol. The molecule has 5 nitrogen and oxygen atoms in total. The Kier molecular flexibility index (Phi) is 4.62. The van der Waals surface area contributed by atoms with Crippen LogP contribution in [0.25, 0.3) is 0 Å². The van der Waals surface area contributed by atoms with Gasteiger partial charge in [-0.1, -0.05) is 11.2 Å². The lowest BCUT2D eigenvalue weighted by atomic mass is 10.1. The molecule has 3 heterocycles. The Morgan fingerprint density at radius 2 is 2.13 bits per heavy atom. The highest BCUT2D eigenvalue weighted by Crippen LogP contribution is 2.18. The SMILES string of the molecule is Cc1noc(C)c1CC(=O)N(Cc1ccco1)Cc1cccs1. The van der Waals surface area contributed by atoms with Crippen LogP contribution < -0.4 is 0 Å². The van der Waals surface area contributed by atoms with Crippen molar-refractivity contribution in [1.82, 2.24) is 10.1 Å². The maximum Gasteiger partial charge on any atom is 0.227 e. The van der Waals surface area contributed by atoms with E-state index in [0.717, 1.165) is 21.9 Å². The minimum Gasteiger partial charge on any atom is -0.467 e. The van der Waals surface area contributed by atoms with E-state index in [1.165, 1.54) is 0 Å². The van der Waals surface area contributed by atoms with Crippen LogP contribution in [0.3, 0.4) is 0 Å². The first-order valence-corrected chi connectivity index (χ1v) is 8.25. The Balaban J connectivity index is 1.77. The molecule has 120 valence electrons. The Labute approximate surface area is 138 Å². The first kappa shape index (κ1) is 15.6. The van der Waals surface area contributed by atoms with Gasteiger partial charge in [-0.05, 0) is 37.4 Å². The molecule has 1 amide bonds. The van der Waals surface area contributed by atoms with Gasteiger partial charge in [-0.25, -0.2) is 0 Å². The molecule has 0 unspecified atom stereocenters. The van der Waals surface area contributed by atoms with E-state index < -0.39 is 0 Å². The highest BCUT2D eigenvalue weighted by molar-refractivity contribution is 7.09. The summed E-state index contributed by atoms with van der Waals surface area (Å²) in [6.45, 7) is 4.71. The van der Waals surface area contributed by atoms with Crippen molar-refractivity contribution in [2.24, 2.45) is 0 Å². The van der Waals surface area contributed by atoms with Gasteiger partial charge in [-0.3, -0.25) is 4.79 Å². The Bertz CT molecular complexity index is 704. The zero-order valence-corrected chi connectivity index (χ0v) is 13.9. The molecule has 0 atom stereocenters. The number of rotatable bonds is 6. The largest absolute Gasteiger partial charge is 0.467 e. The fourth-order valence-electron chi connectivity index (χ4n) is 2.43. The summed E-state index contributed by atoms with van der Waals surface area (Å²) in [5, 5.41) is 5.93. The van der Waals surface area contributed by atoms with Gasteiger partial charge in [-0.2, -0.15) is 0 Å². The normalized spacial score (nSPS) is 10.9. The number of nitrogens with zero attached hydrogens (tertiary/aromatic N) is 2. The number of aryl methyl sites for hydroxylation is 2. The van der Waals surface area contributed by atoms with Crippen molar-refractivity contribution in [2.75, 3.05) is 0 Å². The number of carbonyl (C=O) groups excluding carboxylic acids is 1. The third kappa shape index (κ3) is 3.71. The van der Waals surface area contributed by atoms with E-state index in [-0.39, 0.29) is 12.3 Å². The molecule has 0 bridgehead atoms. The summed E-state index contributed by atoms with van der Waals surface area (Å²) in [6.07, 6.45) is 1.91. The molecule has 0 spiro atoms. The molecule has 0 aliphatic carbocycles. The lowest BCUT2D eigenvalue weighted by Gasteiger charge is -2.21. The van der Waals surface area contributed by atoms with Crippen molar-refractivity contribution in [2.45, 2.75) is 33.4 Å². The fraction of sp³-hybridized carbons (Fsp3) is 0.294. The van der Waals surface area contributed by atoms with E-state index >= 15 is 0 Å². The van der Waals surface area contributed by atoms with Crippen LogP contribution in [0.15, 0.2) is 44.8 Å². The highest BCUT2D eigenvalue weighted by Gasteiger charge is 2.20. The topological polar surface area (TPSA) is 59.5 Å². The van der Waals surface area contributed by atoms with Crippen molar-refractivity contribution in [3.05, 3.63) is 63.6 Å². The van der Waals surface area contributed by atoms with Crippen LogP contribution in [0, 0.1) is 13.8 Å². The van der Waals surface area contributed by atoms with Crippen LogP contribution in [0.4, 0.5) is 0 Å². The van der Waals surface area contributed by atoms with E-state index in [9.17, 15) is 4.79 Å². The van der Waals surface area contributed by atoms with E-state index in [1.54, 1.807) is 22.5 Å². The molecular formula is C17H18N2O3S. The summed E-state index contributed by atoms with van der Waals surface area (Å²) in [7, 11) is 0. The number of hydrogen-bond acceptors (Lipinski definition) is 5.